The molecule has 1 amide bonds. The summed E-state index contributed by atoms with van der Waals surface area (Å²) in [5.74, 6) is 1.81. The van der Waals surface area contributed by atoms with Crippen molar-refractivity contribution in [2.45, 2.75) is 52.4 Å². The number of allylic oxidation sites excluding steroid dienone is 1. The Kier molecular flexibility index (Phi) is 6.76. The van der Waals surface area contributed by atoms with Gasteiger partial charge in [-0.3, -0.25) is 4.79 Å². The fourth-order valence-corrected chi connectivity index (χ4v) is 4.35. The third-order valence-electron chi connectivity index (χ3n) is 5.91. The second-order valence-corrected chi connectivity index (χ2v) is 8.20. The molecule has 1 N–H and O–H groups in total. The van der Waals surface area contributed by atoms with E-state index < -0.39 is 0 Å². The Morgan fingerprint density at radius 2 is 1.97 bits per heavy atom. The normalized spacial score (nSPS) is 13.8. The highest BCUT2D eigenvalue weighted by Crippen LogP contribution is 2.38. The third-order valence-corrected chi connectivity index (χ3v) is 5.91. The molecule has 4 rings (SSSR count). The lowest BCUT2D eigenvalue weighted by Crippen LogP contribution is -2.22. The standard InChI is InChI=1S/C27H31NO3/c1-3-30-25-18-26-23(21-13-7-8-14-24(21)31-26)17-22(25)19(2)16-27(29)28-15-9-12-20-10-5-4-6-11-20/h4-6,10-11,16-18H,3,7-9,12-15H2,1-2H3,(H,28,29)/b19-16+. The minimum Gasteiger partial charge on any atom is -0.493 e. The lowest BCUT2D eigenvalue weighted by Gasteiger charge is -2.12. The molecular formula is C27H31NO3. The van der Waals surface area contributed by atoms with Crippen LogP contribution in [0.2, 0.25) is 0 Å². The largest absolute Gasteiger partial charge is 0.493 e. The molecule has 0 radical (unpaired) electrons. The van der Waals surface area contributed by atoms with Crippen LogP contribution in [0.1, 0.15) is 55.6 Å². The number of rotatable bonds is 8. The van der Waals surface area contributed by atoms with Crippen molar-refractivity contribution in [3.8, 4) is 5.75 Å². The number of fused-ring (bicyclic) bond motifs is 3. The van der Waals surface area contributed by atoms with Crippen LogP contribution in [0.4, 0.5) is 0 Å². The van der Waals surface area contributed by atoms with Gasteiger partial charge in [0.1, 0.15) is 17.1 Å². The molecule has 3 aromatic rings. The van der Waals surface area contributed by atoms with Gasteiger partial charge in [0.15, 0.2) is 0 Å². The van der Waals surface area contributed by atoms with Crippen molar-refractivity contribution in [3.63, 3.8) is 0 Å². The second-order valence-electron chi connectivity index (χ2n) is 8.20. The summed E-state index contributed by atoms with van der Waals surface area (Å²) >= 11 is 0. The Morgan fingerprint density at radius 3 is 2.77 bits per heavy atom. The van der Waals surface area contributed by atoms with E-state index in [1.807, 2.05) is 38.1 Å². The van der Waals surface area contributed by atoms with Crippen LogP contribution in [0.25, 0.3) is 16.5 Å². The summed E-state index contributed by atoms with van der Waals surface area (Å²) in [6.45, 7) is 5.17. The first kappa shape index (κ1) is 21.2. The lowest BCUT2D eigenvalue weighted by atomic mass is 9.94. The predicted molar refractivity (Wildman–Crippen MR) is 125 cm³/mol. The van der Waals surface area contributed by atoms with E-state index in [0.29, 0.717) is 13.2 Å². The molecule has 0 fully saturated rings. The van der Waals surface area contributed by atoms with Crippen LogP contribution in [0.5, 0.6) is 5.75 Å². The molecule has 162 valence electrons. The molecule has 2 aromatic carbocycles. The van der Waals surface area contributed by atoms with Gasteiger partial charge in [-0.15, -0.1) is 0 Å². The zero-order valence-corrected chi connectivity index (χ0v) is 18.5. The minimum absolute atomic E-state index is 0.0673. The molecule has 0 bridgehead atoms. The van der Waals surface area contributed by atoms with Gasteiger partial charge in [0.05, 0.1) is 6.61 Å². The van der Waals surface area contributed by atoms with Crippen molar-refractivity contribution < 1.29 is 13.9 Å². The number of carbonyl (C=O) groups excluding carboxylic acids is 1. The van der Waals surface area contributed by atoms with Crippen LogP contribution < -0.4 is 10.1 Å². The summed E-state index contributed by atoms with van der Waals surface area (Å²) in [7, 11) is 0. The fraction of sp³-hybridized carbons (Fsp3) is 0.370. The highest BCUT2D eigenvalue weighted by Gasteiger charge is 2.20. The Labute approximate surface area is 184 Å². The molecule has 1 aliphatic rings. The van der Waals surface area contributed by atoms with Crippen LogP contribution in [0.15, 0.2) is 53.0 Å². The molecule has 0 aliphatic heterocycles. The molecule has 1 aliphatic carbocycles. The molecule has 0 saturated carbocycles. The quantitative estimate of drug-likeness (QED) is 0.369. The molecule has 0 spiro atoms. The molecule has 0 saturated heterocycles. The lowest BCUT2D eigenvalue weighted by molar-refractivity contribution is -0.116. The van der Waals surface area contributed by atoms with Gasteiger partial charge in [0.2, 0.25) is 5.91 Å². The van der Waals surface area contributed by atoms with Gasteiger partial charge in [0.25, 0.3) is 0 Å². The summed E-state index contributed by atoms with van der Waals surface area (Å²) in [5.41, 5.74) is 5.36. The van der Waals surface area contributed by atoms with E-state index in [1.54, 1.807) is 6.08 Å². The summed E-state index contributed by atoms with van der Waals surface area (Å²) in [4.78, 5) is 12.5. The van der Waals surface area contributed by atoms with E-state index >= 15 is 0 Å². The monoisotopic (exact) mass is 417 g/mol. The molecule has 4 nitrogen and oxygen atoms in total. The van der Waals surface area contributed by atoms with Gasteiger partial charge in [-0.2, -0.15) is 0 Å². The number of benzene rings is 2. The number of carbonyl (C=O) groups is 1. The molecule has 0 unspecified atom stereocenters. The number of hydrogen-bond acceptors (Lipinski definition) is 3. The van der Waals surface area contributed by atoms with E-state index in [-0.39, 0.29) is 5.91 Å². The van der Waals surface area contributed by atoms with Gasteiger partial charge in [-0.05, 0) is 63.2 Å². The van der Waals surface area contributed by atoms with Crippen LogP contribution in [0.3, 0.4) is 0 Å². The Hall–Kier alpha value is -3.01. The summed E-state index contributed by atoms with van der Waals surface area (Å²) in [6.07, 6.45) is 7.99. The Balaban J connectivity index is 1.48. The van der Waals surface area contributed by atoms with Gasteiger partial charge in [-0.25, -0.2) is 0 Å². The van der Waals surface area contributed by atoms with Crippen molar-refractivity contribution >= 4 is 22.4 Å². The van der Waals surface area contributed by atoms with E-state index in [0.717, 1.165) is 59.3 Å². The zero-order valence-electron chi connectivity index (χ0n) is 18.5. The number of amides is 1. The van der Waals surface area contributed by atoms with E-state index in [9.17, 15) is 4.79 Å². The van der Waals surface area contributed by atoms with Crippen LogP contribution in [-0.4, -0.2) is 19.1 Å². The van der Waals surface area contributed by atoms with Crippen molar-refractivity contribution in [2.24, 2.45) is 0 Å². The molecule has 31 heavy (non-hydrogen) atoms. The first-order chi connectivity index (χ1) is 15.2. The first-order valence-electron chi connectivity index (χ1n) is 11.4. The SMILES string of the molecule is CCOc1cc2oc3c(c2cc1/C(C)=C/C(=O)NCCCc1ccccc1)CCCC3. The molecule has 0 atom stereocenters. The highest BCUT2D eigenvalue weighted by atomic mass is 16.5. The second kappa shape index (κ2) is 9.86. The maximum absolute atomic E-state index is 12.5. The topological polar surface area (TPSA) is 51.5 Å². The van der Waals surface area contributed by atoms with Crippen molar-refractivity contribution in [2.75, 3.05) is 13.2 Å². The average Bonchev–Trinajstić information content (AvgIpc) is 3.14. The fourth-order valence-electron chi connectivity index (χ4n) is 4.35. The molecule has 4 heteroatoms. The number of aryl methyl sites for hydroxylation is 3. The van der Waals surface area contributed by atoms with E-state index in [1.165, 1.54) is 24.0 Å². The molecular weight excluding hydrogens is 386 g/mol. The van der Waals surface area contributed by atoms with Crippen molar-refractivity contribution in [1.82, 2.24) is 5.32 Å². The number of ether oxygens (including phenoxy) is 1. The van der Waals surface area contributed by atoms with Crippen LogP contribution in [0, 0.1) is 0 Å². The maximum atomic E-state index is 12.5. The van der Waals surface area contributed by atoms with E-state index in [4.69, 9.17) is 9.15 Å². The number of furan rings is 1. The van der Waals surface area contributed by atoms with Gasteiger partial charge in [0, 0.05) is 41.6 Å². The summed E-state index contributed by atoms with van der Waals surface area (Å²) < 4.78 is 12.0. The van der Waals surface area contributed by atoms with Gasteiger partial charge < -0.3 is 14.5 Å². The van der Waals surface area contributed by atoms with Crippen LogP contribution >= 0.6 is 0 Å². The van der Waals surface area contributed by atoms with Crippen molar-refractivity contribution in [1.29, 1.82) is 0 Å². The predicted octanol–water partition coefficient (Wildman–Crippen LogP) is 5.86. The molecule has 1 aromatic heterocycles. The highest BCUT2D eigenvalue weighted by molar-refractivity contribution is 5.97. The number of nitrogens with one attached hydrogen (secondary N) is 1. The van der Waals surface area contributed by atoms with Gasteiger partial charge in [-0.1, -0.05) is 30.3 Å². The van der Waals surface area contributed by atoms with Gasteiger partial charge >= 0.3 is 0 Å². The molecule has 1 heterocycles. The first-order valence-corrected chi connectivity index (χ1v) is 11.4. The third kappa shape index (κ3) is 5.01. The summed E-state index contributed by atoms with van der Waals surface area (Å²) in [6, 6.07) is 14.5. The summed E-state index contributed by atoms with van der Waals surface area (Å²) in [5, 5.41) is 4.17. The minimum atomic E-state index is -0.0673. The number of hydrogen-bond donors (Lipinski definition) is 1. The average molecular weight is 418 g/mol. The Bertz CT molecular complexity index is 1080. The van der Waals surface area contributed by atoms with Crippen molar-refractivity contribution in [3.05, 3.63) is 71.0 Å². The zero-order chi connectivity index (χ0) is 21.6. The van der Waals surface area contributed by atoms with Crippen LogP contribution in [-0.2, 0) is 24.1 Å². The van der Waals surface area contributed by atoms with E-state index in [2.05, 4.69) is 23.5 Å². The Morgan fingerprint density at radius 1 is 1.16 bits per heavy atom. The maximum Gasteiger partial charge on any atom is 0.244 e. The smallest absolute Gasteiger partial charge is 0.244 e.